The first-order valence-corrected chi connectivity index (χ1v) is 7.37. The monoisotopic (exact) mass is 278 g/mol. The second-order valence-electron chi connectivity index (χ2n) is 5.57. The Morgan fingerprint density at radius 2 is 2.20 bits per heavy atom. The van der Waals surface area contributed by atoms with Crippen LogP contribution in [0, 0.1) is 0 Å². The summed E-state index contributed by atoms with van der Waals surface area (Å²) in [6, 6.07) is 4.71. The molecule has 0 spiro atoms. The zero-order valence-electron chi connectivity index (χ0n) is 12.7. The van der Waals surface area contributed by atoms with E-state index in [-0.39, 0.29) is 6.04 Å². The standard InChI is InChI=1S/C15H26N4O/c1-16-15(18-12-7-4-5-8-12)17-11-13(19(2)3)14-9-6-10-20-14/h6,9-10,12-13H,4-5,7-8,11H2,1-3H3,(H2,16,17,18). The molecule has 1 unspecified atom stereocenters. The highest BCUT2D eigenvalue weighted by atomic mass is 16.3. The van der Waals surface area contributed by atoms with Crippen molar-refractivity contribution in [2.45, 2.75) is 37.8 Å². The largest absolute Gasteiger partial charge is 0.468 e. The molecule has 2 rings (SSSR count). The smallest absolute Gasteiger partial charge is 0.191 e. The SMILES string of the molecule is CN=C(NCC(c1ccco1)N(C)C)NC1CCCC1. The Labute approximate surface area is 121 Å². The third kappa shape index (κ3) is 4.00. The van der Waals surface area contributed by atoms with Crippen LogP contribution in [0.1, 0.15) is 37.5 Å². The molecule has 20 heavy (non-hydrogen) atoms. The summed E-state index contributed by atoms with van der Waals surface area (Å²) >= 11 is 0. The number of nitrogens with one attached hydrogen (secondary N) is 2. The predicted molar refractivity (Wildman–Crippen MR) is 81.9 cm³/mol. The highest BCUT2D eigenvalue weighted by molar-refractivity contribution is 5.80. The first kappa shape index (κ1) is 14.9. The molecule has 1 aliphatic rings. The lowest BCUT2D eigenvalue weighted by Crippen LogP contribution is -2.45. The third-order valence-electron chi connectivity index (χ3n) is 3.88. The van der Waals surface area contributed by atoms with Gasteiger partial charge in [-0.05, 0) is 39.1 Å². The lowest BCUT2D eigenvalue weighted by Gasteiger charge is -2.24. The van der Waals surface area contributed by atoms with Gasteiger partial charge >= 0.3 is 0 Å². The van der Waals surface area contributed by atoms with Crippen LogP contribution in [0.15, 0.2) is 27.8 Å². The van der Waals surface area contributed by atoms with Crippen LogP contribution in [0.25, 0.3) is 0 Å². The van der Waals surface area contributed by atoms with E-state index in [1.165, 1.54) is 25.7 Å². The van der Waals surface area contributed by atoms with Crippen LogP contribution >= 0.6 is 0 Å². The van der Waals surface area contributed by atoms with Crippen LogP contribution < -0.4 is 10.6 Å². The van der Waals surface area contributed by atoms with E-state index in [1.807, 2.05) is 19.2 Å². The van der Waals surface area contributed by atoms with E-state index in [9.17, 15) is 0 Å². The van der Waals surface area contributed by atoms with Gasteiger partial charge < -0.3 is 15.1 Å². The van der Waals surface area contributed by atoms with E-state index in [4.69, 9.17) is 4.42 Å². The molecule has 0 bridgehead atoms. The number of hydrogen-bond acceptors (Lipinski definition) is 3. The minimum absolute atomic E-state index is 0.201. The molecule has 5 heteroatoms. The first-order chi connectivity index (χ1) is 9.70. The molecule has 1 aliphatic carbocycles. The minimum Gasteiger partial charge on any atom is -0.468 e. The molecule has 0 amide bonds. The second kappa shape index (κ2) is 7.33. The number of rotatable bonds is 5. The maximum absolute atomic E-state index is 5.51. The van der Waals surface area contributed by atoms with Crippen LogP contribution in [0.3, 0.4) is 0 Å². The summed E-state index contributed by atoms with van der Waals surface area (Å²) < 4.78 is 5.51. The van der Waals surface area contributed by atoms with Crippen LogP contribution in [0.4, 0.5) is 0 Å². The second-order valence-corrected chi connectivity index (χ2v) is 5.57. The first-order valence-electron chi connectivity index (χ1n) is 7.37. The summed E-state index contributed by atoms with van der Waals surface area (Å²) in [6.45, 7) is 0.771. The quantitative estimate of drug-likeness (QED) is 0.639. The Hall–Kier alpha value is -1.49. The van der Waals surface area contributed by atoms with Crippen LogP contribution in [-0.2, 0) is 0 Å². The number of nitrogens with zero attached hydrogens (tertiary/aromatic N) is 2. The number of likely N-dealkylation sites (N-methyl/N-ethyl adjacent to an activating group) is 1. The molecule has 1 fully saturated rings. The molecular formula is C15H26N4O. The molecule has 1 atom stereocenters. The van der Waals surface area contributed by atoms with Crippen LogP contribution in [-0.4, -0.2) is 44.6 Å². The molecule has 5 nitrogen and oxygen atoms in total. The molecular weight excluding hydrogens is 252 g/mol. The topological polar surface area (TPSA) is 52.8 Å². The zero-order valence-corrected chi connectivity index (χ0v) is 12.7. The van der Waals surface area contributed by atoms with Crippen molar-refractivity contribution >= 4 is 5.96 Å². The summed E-state index contributed by atoms with van der Waals surface area (Å²) in [5, 5.41) is 6.90. The molecule has 0 aliphatic heterocycles. The average Bonchev–Trinajstić information content (AvgIpc) is 3.10. The number of guanidine groups is 1. The average molecular weight is 278 g/mol. The Balaban J connectivity index is 1.87. The van der Waals surface area contributed by atoms with Gasteiger partial charge in [-0.1, -0.05) is 12.8 Å². The Kier molecular flexibility index (Phi) is 5.47. The van der Waals surface area contributed by atoms with Crippen molar-refractivity contribution in [1.82, 2.24) is 15.5 Å². The highest BCUT2D eigenvalue weighted by Crippen LogP contribution is 2.18. The fraction of sp³-hybridized carbons (Fsp3) is 0.667. The van der Waals surface area contributed by atoms with E-state index in [0.29, 0.717) is 6.04 Å². The molecule has 2 N–H and O–H groups in total. The number of aliphatic imine (C=N–C) groups is 1. The lowest BCUT2D eigenvalue weighted by molar-refractivity contribution is 0.258. The molecule has 1 aromatic rings. The molecule has 1 heterocycles. The van der Waals surface area contributed by atoms with Crippen molar-refractivity contribution in [3.63, 3.8) is 0 Å². The van der Waals surface area contributed by atoms with Crippen molar-refractivity contribution in [2.75, 3.05) is 27.7 Å². The van der Waals surface area contributed by atoms with Gasteiger partial charge in [0.05, 0.1) is 12.3 Å². The van der Waals surface area contributed by atoms with Gasteiger partial charge in [0.15, 0.2) is 5.96 Å². The van der Waals surface area contributed by atoms with E-state index in [1.54, 1.807) is 6.26 Å². The van der Waals surface area contributed by atoms with Crippen molar-refractivity contribution < 1.29 is 4.42 Å². The summed E-state index contributed by atoms with van der Waals surface area (Å²) in [4.78, 5) is 6.46. The van der Waals surface area contributed by atoms with Crippen molar-refractivity contribution in [1.29, 1.82) is 0 Å². The number of furan rings is 1. The molecule has 0 saturated heterocycles. The van der Waals surface area contributed by atoms with E-state index >= 15 is 0 Å². The summed E-state index contributed by atoms with van der Waals surface area (Å²) in [5.41, 5.74) is 0. The summed E-state index contributed by atoms with van der Waals surface area (Å²) in [5.74, 6) is 1.86. The molecule has 0 aromatic carbocycles. The van der Waals surface area contributed by atoms with Gasteiger partial charge in [-0.2, -0.15) is 0 Å². The minimum atomic E-state index is 0.201. The summed E-state index contributed by atoms with van der Waals surface area (Å²) in [7, 11) is 5.94. The maximum atomic E-state index is 5.51. The summed E-state index contributed by atoms with van der Waals surface area (Å²) in [6.07, 6.45) is 6.85. The van der Waals surface area contributed by atoms with Gasteiger partial charge in [-0.15, -0.1) is 0 Å². The van der Waals surface area contributed by atoms with E-state index < -0.39 is 0 Å². The Bertz CT molecular complexity index is 408. The molecule has 1 saturated carbocycles. The zero-order chi connectivity index (χ0) is 14.4. The van der Waals surface area contributed by atoms with Gasteiger partial charge in [0.2, 0.25) is 0 Å². The van der Waals surface area contributed by atoms with Crippen molar-refractivity contribution in [2.24, 2.45) is 4.99 Å². The van der Waals surface area contributed by atoms with Crippen molar-refractivity contribution in [3.8, 4) is 0 Å². The fourth-order valence-corrected chi connectivity index (χ4v) is 2.67. The van der Waals surface area contributed by atoms with Crippen LogP contribution in [0.5, 0.6) is 0 Å². The van der Waals surface area contributed by atoms with Gasteiger partial charge in [-0.25, -0.2) is 0 Å². The maximum Gasteiger partial charge on any atom is 0.191 e. The van der Waals surface area contributed by atoms with Crippen LogP contribution in [0.2, 0.25) is 0 Å². The van der Waals surface area contributed by atoms with Gasteiger partial charge in [0, 0.05) is 19.6 Å². The van der Waals surface area contributed by atoms with E-state index in [0.717, 1.165) is 18.3 Å². The highest BCUT2D eigenvalue weighted by Gasteiger charge is 2.19. The van der Waals surface area contributed by atoms with Crippen molar-refractivity contribution in [3.05, 3.63) is 24.2 Å². The Morgan fingerprint density at radius 1 is 1.45 bits per heavy atom. The van der Waals surface area contributed by atoms with E-state index in [2.05, 4.69) is 34.6 Å². The molecule has 0 radical (unpaired) electrons. The third-order valence-corrected chi connectivity index (χ3v) is 3.88. The number of hydrogen-bond donors (Lipinski definition) is 2. The normalized spacial score (nSPS) is 18.5. The Morgan fingerprint density at radius 3 is 2.75 bits per heavy atom. The van der Waals surface area contributed by atoms with Gasteiger partial charge in [0.1, 0.15) is 5.76 Å². The lowest BCUT2D eigenvalue weighted by atomic mass is 10.2. The van der Waals surface area contributed by atoms with Gasteiger partial charge in [0.25, 0.3) is 0 Å². The predicted octanol–water partition coefficient (Wildman–Crippen LogP) is 1.99. The molecule has 1 aromatic heterocycles. The van der Waals surface area contributed by atoms with Gasteiger partial charge in [-0.3, -0.25) is 9.89 Å². The fourth-order valence-electron chi connectivity index (χ4n) is 2.67. The molecule has 112 valence electrons.